The fraction of sp³-hybridized carbons (Fsp3) is 0.500. The Morgan fingerprint density at radius 2 is 2.14 bits per heavy atom. The number of pyridine rings is 1. The third kappa shape index (κ3) is 3.71. The minimum atomic E-state index is 0.0495. The zero-order valence-corrected chi connectivity index (χ0v) is 15.9. The van der Waals surface area contributed by atoms with Gasteiger partial charge in [0.25, 0.3) is 5.91 Å². The van der Waals surface area contributed by atoms with Gasteiger partial charge in [-0.15, -0.1) is 0 Å². The van der Waals surface area contributed by atoms with Crippen molar-refractivity contribution in [2.75, 3.05) is 25.0 Å². The second-order valence-electron chi connectivity index (χ2n) is 7.46. The summed E-state index contributed by atoms with van der Waals surface area (Å²) in [6.07, 6.45) is 6.08. The Morgan fingerprint density at radius 3 is 2.79 bits per heavy atom. The van der Waals surface area contributed by atoms with Crippen LogP contribution >= 0.6 is 0 Å². The number of aromatic amines is 1. The van der Waals surface area contributed by atoms with Gasteiger partial charge in [-0.3, -0.25) is 9.89 Å². The van der Waals surface area contributed by atoms with Gasteiger partial charge in [0.2, 0.25) is 0 Å². The highest BCUT2D eigenvalue weighted by molar-refractivity contribution is 5.95. The Kier molecular flexibility index (Phi) is 5.26. The molecule has 0 bridgehead atoms. The van der Waals surface area contributed by atoms with E-state index in [4.69, 9.17) is 10.00 Å². The average Bonchev–Trinajstić information content (AvgIpc) is 3.37. The van der Waals surface area contributed by atoms with Crippen LogP contribution in [0.2, 0.25) is 0 Å². The number of anilines is 1. The van der Waals surface area contributed by atoms with Crippen molar-refractivity contribution in [2.24, 2.45) is 5.92 Å². The van der Waals surface area contributed by atoms with Crippen LogP contribution in [0.3, 0.4) is 0 Å². The van der Waals surface area contributed by atoms with Gasteiger partial charge in [-0.05, 0) is 44.2 Å². The van der Waals surface area contributed by atoms with E-state index in [1.165, 1.54) is 0 Å². The maximum absolute atomic E-state index is 12.7. The van der Waals surface area contributed by atoms with Crippen molar-refractivity contribution < 1.29 is 9.53 Å². The number of carbonyl (C=O) groups is 1. The Balaban J connectivity index is 1.35. The largest absolute Gasteiger partial charge is 0.376 e. The van der Waals surface area contributed by atoms with E-state index < -0.39 is 0 Å². The molecule has 2 aliphatic rings. The van der Waals surface area contributed by atoms with Crippen LogP contribution in [-0.2, 0) is 4.74 Å². The highest BCUT2D eigenvalue weighted by Gasteiger charge is 2.37. The Morgan fingerprint density at radius 1 is 1.32 bits per heavy atom. The smallest absolute Gasteiger partial charge is 0.257 e. The molecular weight excluding hydrogens is 356 g/mol. The zero-order chi connectivity index (χ0) is 19.5. The molecule has 2 aromatic heterocycles. The Hall–Kier alpha value is -2.92. The SMILES string of the molecule is Cc1[nH]ncc1C(=O)N1CCC([C@@H]2OCC[C@H]2Nc2ccc(C#N)cn2)CC1. The van der Waals surface area contributed by atoms with Gasteiger partial charge < -0.3 is 15.0 Å². The average molecular weight is 380 g/mol. The molecule has 28 heavy (non-hydrogen) atoms. The number of hydrogen-bond donors (Lipinski definition) is 2. The van der Waals surface area contributed by atoms with Gasteiger partial charge in [-0.1, -0.05) is 0 Å². The van der Waals surface area contributed by atoms with Gasteiger partial charge in [0.1, 0.15) is 11.9 Å². The van der Waals surface area contributed by atoms with Crippen LogP contribution in [0.15, 0.2) is 24.5 Å². The Bertz CT molecular complexity index is 864. The number of nitrogens with one attached hydrogen (secondary N) is 2. The van der Waals surface area contributed by atoms with Gasteiger partial charge in [0.15, 0.2) is 0 Å². The van der Waals surface area contributed by atoms with Crippen LogP contribution in [-0.4, -0.2) is 57.8 Å². The van der Waals surface area contributed by atoms with E-state index in [0.717, 1.165) is 50.5 Å². The number of aromatic nitrogens is 3. The quantitative estimate of drug-likeness (QED) is 0.841. The number of hydrogen-bond acceptors (Lipinski definition) is 6. The molecule has 146 valence electrons. The van der Waals surface area contributed by atoms with Crippen LogP contribution in [0.5, 0.6) is 0 Å². The lowest BCUT2D eigenvalue weighted by atomic mass is 9.87. The lowest BCUT2D eigenvalue weighted by molar-refractivity contribution is 0.0260. The number of amides is 1. The lowest BCUT2D eigenvalue weighted by Crippen LogP contribution is -2.44. The van der Waals surface area contributed by atoms with Gasteiger partial charge in [-0.2, -0.15) is 10.4 Å². The molecule has 0 unspecified atom stereocenters. The van der Waals surface area contributed by atoms with Gasteiger partial charge >= 0.3 is 0 Å². The first-order valence-corrected chi connectivity index (χ1v) is 9.69. The third-order valence-electron chi connectivity index (χ3n) is 5.71. The zero-order valence-electron chi connectivity index (χ0n) is 15.9. The molecule has 0 aromatic carbocycles. The van der Waals surface area contributed by atoms with Crippen molar-refractivity contribution in [1.29, 1.82) is 5.26 Å². The van der Waals surface area contributed by atoms with E-state index in [-0.39, 0.29) is 18.1 Å². The molecule has 0 radical (unpaired) electrons. The summed E-state index contributed by atoms with van der Waals surface area (Å²) >= 11 is 0. The second-order valence-corrected chi connectivity index (χ2v) is 7.46. The molecule has 2 N–H and O–H groups in total. The van der Waals surface area contributed by atoms with Crippen LogP contribution in [0.25, 0.3) is 0 Å². The molecule has 0 aliphatic carbocycles. The minimum absolute atomic E-state index is 0.0495. The van der Waals surface area contributed by atoms with E-state index in [1.54, 1.807) is 18.5 Å². The van der Waals surface area contributed by atoms with Crippen LogP contribution in [0, 0.1) is 24.2 Å². The molecule has 2 fully saturated rings. The van der Waals surface area contributed by atoms with Crippen molar-refractivity contribution in [3.63, 3.8) is 0 Å². The molecular formula is C20H24N6O2. The van der Waals surface area contributed by atoms with Crippen LogP contribution < -0.4 is 5.32 Å². The monoisotopic (exact) mass is 380 g/mol. The summed E-state index contributed by atoms with van der Waals surface area (Å²) in [7, 11) is 0. The van der Waals surface area contributed by atoms with Crippen molar-refractivity contribution >= 4 is 11.7 Å². The normalized spacial score (nSPS) is 22.8. The van der Waals surface area contributed by atoms with E-state index in [1.807, 2.05) is 17.9 Å². The van der Waals surface area contributed by atoms with E-state index in [2.05, 4.69) is 26.6 Å². The number of nitriles is 1. The number of H-pyrrole nitrogens is 1. The predicted molar refractivity (Wildman–Crippen MR) is 103 cm³/mol. The number of carbonyl (C=O) groups excluding carboxylic acids is 1. The van der Waals surface area contributed by atoms with Crippen LogP contribution in [0.4, 0.5) is 5.82 Å². The number of nitrogens with zero attached hydrogens (tertiary/aromatic N) is 4. The Labute approximate surface area is 163 Å². The number of ether oxygens (including phenoxy) is 1. The first kappa shape index (κ1) is 18.4. The maximum Gasteiger partial charge on any atom is 0.257 e. The number of rotatable bonds is 4. The summed E-state index contributed by atoms with van der Waals surface area (Å²) in [6.45, 7) is 4.06. The molecule has 2 atom stereocenters. The number of piperidine rings is 1. The summed E-state index contributed by atoms with van der Waals surface area (Å²) in [4.78, 5) is 18.9. The first-order valence-electron chi connectivity index (χ1n) is 9.69. The molecule has 2 aliphatic heterocycles. The number of aryl methyl sites for hydroxylation is 1. The summed E-state index contributed by atoms with van der Waals surface area (Å²) < 4.78 is 6.05. The predicted octanol–water partition coefficient (Wildman–Crippen LogP) is 2.11. The lowest BCUT2D eigenvalue weighted by Gasteiger charge is -2.36. The summed E-state index contributed by atoms with van der Waals surface area (Å²) in [5, 5.41) is 19.1. The van der Waals surface area contributed by atoms with Crippen molar-refractivity contribution in [3.05, 3.63) is 41.3 Å². The molecule has 4 heterocycles. The summed E-state index contributed by atoms with van der Waals surface area (Å²) in [5.74, 6) is 1.23. The van der Waals surface area contributed by atoms with Gasteiger partial charge in [-0.25, -0.2) is 4.98 Å². The van der Waals surface area contributed by atoms with E-state index >= 15 is 0 Å². The maximum atomic E-state index is 12.7. The molecule has 1 amide bonds. The first-order chi connectivity index (χ1) is 13.7. The highest BCUT2D eigenvalue weighted by atomic mass is 16.5. The molecule has 4 rings (SSSR count). The summed E-state index contributed by atoms with van der Waals surface area (Å²) in [6, 6.07) is 5.88. The molecule has 8 nitrogen and oxygen atoms in total. The van der Waals surface area contributed by atoms with Crippen molar-refractivity contribution in [2.45, 2.75) is 38.3 Å². The topological polar surface area (TPSA) is 107 Å². The fourth-order valence-corrected chi connectivity index (χ4v) is 4.13. The minimum Gasteiger partial charge on any atom is -0.376 e. The van der Waals surface area contributed by atoms with E-state index in [0.29, 0.717) is 17.0 Å². The highest BCUT2D eigenvalue weighted by Crippen LogP contribution is 2.31. The molecule has 0 saturated carbocycles. The standard InChI is InChI=1S/C20H24N6O2/c1-13-16(12-23-25-13)20(27)26-7-4-15(5-8-26)19-17(6-9-28-19)24-18-3-2-14(10-21)11-22-18/h2-3,11-12,15,17,19H,4-9H2,1H3,(H,22,24)(H,23,25)/t17-,19+/m1/s1. The second kappa shape index (κ2) is 7.98. The fourth-order valence-electron chi connectivity index (χ4n) is 4.13. The molecule has 0 spiro atoms. The summed E-state index contributed by atoms with van der Waals surface area (Å²) in [5.41, 5.74) is 2.02. The van der Waals surface area contributed by atoms with Crippen molar-refractivity contribution in [3.8, 4) is 6.07 Å². The molecule has 2 saturated heterocycles. The van der Waals surface area contributed by atoms with Crippen LogP contribution in [0.1, 0.15) is 40.9 Å². The van der Waals surface area contributed by atoms with E-state index in [9.17, 15) is 4.79 Å². The van der Waals surface area contributed by atoms with Crippen molar-refractivity contribution in [1.82, 2.24) is 20.1 Å². The number of likely N-dealkylation sites (tertiary alicyclic amines) is 1. The third-order valence-corrected chi connectivity index (χ3v) is 5.71. The van der Waals surface area contributed by atoms with Gasteiger partial charge in [0, 0.05) is 31.6 Å². The molecule has 8 heteroatoms. The molecule has 2 aromatic rings. The van der Waals surface area contributed by atoms with Gasteiger partial charge in [0.05, 0.1) is 29.5 Å².